The van der Waals surface area contributed by atoms with Crippen molar-refractivity contribution in [3.63, 3.8) is 0 Å². The molecular formula is C32H39FN4O6S. The third-order valence-electron chi connectivity index (χ3n) is 6.34. The summed E-state index contributed by atoms with van der Waals surface area (Å²) in [5.74, 6) is -0.644. The van der Waals surface area contributed by atoms with Crippen molar-refractivity contribution in [3.05, 3.63) is 106 Å². The third kappa shape index (κ3) is 11.8. The van der Waals surface area contributed by atoms with Crippen LogP contribution in [-0.4, -0.2) is 45.1 Å². The van der Waals surface area contributed by atoms with E-state index in [0.29, 0.717) is 43.1 Å². The largest absolute Gasteiger partial charge is 0.481 e. The molecule has 0 fully saturated rings. The molecule has 3 N–H and O–H groups in total. The van der Waals surface area contributed by atoms with Crippen LogP contribution < -0.4 is 10.1 Å². The summed E-state index contributed by atoms with van der Waals surface area (Å²) >= 11 is 0. The SMILES string of the molecule is CS(=O)(=O)O.Cc1cccc(COc2cc(C(C)(C)C)nn2Cc2ccc(CNc3ccc(CCC(=O)O)c(F)c3)cc2)n1. The quantitative estimate of drug-likeness (QED) is 0.176. The number of hydrogen-bond acceptors (Lipinski definition) is 7. The number of nitrogens with one attached hydrogen (secondary N) is 1. The second-order valence-electron chi connectivity index (χ2n) is 11.4. The maximum atomic E-state index is 14.3. The molecule has 2 aromatic carbocycles. The minimum absolute atomic E-state index is 0.0936. The van der Waals surface area contributed by atoms with E-state index < -0.39 is 21.9 Å². The summed E-state index contributed by atoms with van der Waals surface area (Å²) in [4.78, 5) is 15.3. The van der Waals surface area contributed by atoms with Gasteiger partial charge in [0.2, 0.25) is 5.88 Å². The van der Waals surface area contributed by atoms with E-state index in [-0.39, 0.29) is 18.3 Å². The first kappa shape index (κ1) is 34.2. The highest BCUT2D eigenvalue weighted by Gasteiger charge is 2.21. The van der Waals surface area contributed by atoms with Gasteiger partial charge in [0.05, 0.1) is 24.2 Å². The molecule has 2 heterocycles. The summed E-state index contributed by atoms with van der Waals surface area (Å²) in [6.07, 6.45) is 0.794. The van der Waals surface area contributed by atoms with E-state index in [1.54, 1.807) is 12.1 Å². The zero-order valence-corrected chi connectivity index (χ0v) is 26.4. The highest BCUT2D eigenvalue weighted by molar-refractivity contribution is 7.85. The van der Waals surface area contributed by atoms with Crippen LogP contribution in [0.1, 0.15) is 61.0 Å². The van der Waals surface area contributed by atoms with E-state index in [1.165, 1.54) is 6.07 Å². The molecule has 0 radical (unpaired) electrons. The predicted octanol–water partition coefficient (Wildman–Crippen LogP) is 5.78. The fourth-order valence-electron chi connectivity index (χ4n) is 4.06. The maximum absolute atomic E-state index is 14.3. The first-order valence-electron chi connectivity index (χ1n) is 13.9. The minimum Gasteiger partial charge on any atom is -0.481 e. The smallest absolute Gasteiger partial charge is 0.303 e. The summed E-state index contributed by atoms with van der Waals surface area (Å²) in [5.41, 5.74) is 5.83. The highest BCUT2D eigenvalue weighted by atomic mass is 32.2. The maximum Gasteiger partial charge on any atom is 0.303 e. The van der Waals surface area contributed by atoms with Crippen molar-refractivity contribution in [2.24, 2.45) is 0 Å². The molecule has 44 heavy (non-hydrogen) atoms. The number of aryl methyl sites for hydroxylation is 2. The van der Waals surface area contributed by atoms with Crippen molar-refractivity contribution >= 4 is 21.8 Å². The van der Waals surface area contributed by atoms with E-state index >= 15 is 0 Å². The second-order valence-corrected chi connectivity index (χ2v) is 12.9. The second kappa shape index (κ2) is 14.9. The van der Waals surface area contributed by atoms with E-state index in [2.05, 4.69) is 43.2 Å². The van der Waals surface area contributed by atoms with Gasteiger partial charge in [0, 0.05) is 35.8 Å². The Labute approximate surface area is 257 Å². The number of hydrogen-bond donors (Lipinski definition) is 3. The number of halogens is 1. The van der Waals surface area contributed by atoms with Gasteiger partial charge in [-0.3, -0.25) is 14.3 Å². The molecule has 4 aromatic rings. The Morgan fingerprint density at radius 3 is 2.30 bits per heavy atom. The van der Waals surface area contributed by atoms with E-state index in [1.807, 2.05) is 48.0 Å². The zero-order chi connectivity index (χ0) is 32.5. The van der Waals surface area contributed by atoms with Crippen molar-refractivity contribution in [2.45, 2.75) is 65.6 Å². The first-order valence-corrected chi connectivity index (χ1v) is 15.8. The average molecular weight is 627 g/mol. The number of nitrogens with zero attached hydrogens (tertiary/aromatic N) is 3. The zero-order valence-electron chi connectivity index (χ0n) is 25.5. The number of aliphatic carboxylic acids is 1. The lowest BCUT2D eigenvalue weighted by molar-refractivity contribution is -0.136. The van der Waals surface area contributed by atoms with E-state index in [4.69, 9.17) is 19.5 Å². The molecule has 0 atom stereocenters. The van der Waals surface area contributed by atoms with Crippen LogP contribution in [0, 0.1) is 12.7 Å². The summed E-state index contributed by atoms with van der Waals surface area (Å²) in [5, 5.41) is 16.9. The number of pyridine rings is 1. The van der Waals surface area contributed by atoms with E-state index in [9.17, 15) is 17.6 Å². The van der Waals surface area contributed by atoms with Crippen molar-refractivity contribution < 1.29 is 32.0 Å². The summed E-state index contributed by atoms with van der Waals surface area (Å²) in [6.45, 7) is 9.80. The molecule has 2 aromatic heterocycles. The van der Waals surface area contributed by atoms with Gasteiger partial charge in [-0.05, 0) is 54.3 Å². The minimum atomic E-state index is -3.67. The third-order valence-corrected chi connectivity index (χ3v) is 6.34. The van der Waals surface area contributed by atoms with Gasteiger partial charge in [0.15, 0.2) is 0 Å². The lowest BCUT2D eigenvalue weighted by atomic mass is 9.93. The Morgan fingerprint density at radius 2 is 1.70 bits per heavy atom. The average Bonchev–Trinajstić information content (AvgIpc) is 3.33. The van der Waals surface area contributed by atoms with Gasteiger partial charge in [-0.15, -0.1) is 0 Å². The molecular weight excluding hydrogens is 587 g/mol. The van der Waals surface area contributed by atoms with Crippen LogP contribution in [0.2, 0.25) is 0 Å². The van der Waals surface area contributed by atoms with Gasteiger partial charge in [-0.2, -0.15) is 13.5 Å². The normalized spacial score (nSPS) is 11.4. The van der Waals surface area contributed by atoms with Crippen molar-refractivity contribution in [1.29, 1.82) is 0 Å². The summed E-state index contributed by atoms with van der Waals surface area (Å²) in [7, 11) is -3.67. The predicted molar refractivity (Wildman–Crippen MR) is 167 cm³/mol. The topological polar surface area (TPSA) is 144 Å². The first-order chi connectivity index (χ1) is 20.6. The number of carboxylic acid groups (broad SMARTS) is 1. The molecule has 12 heteroatoms. The number of ether oxygens (including phenoxy) is 1. The lowest BCUT2D eigenvalue weighted by Gasteiger charge is -2.14. The number of anilines is 1. The molecule has 0 aliphatic carbocycles. The van der Waals surface area contributed by atoms with Gasteiger partial charge in [0.1, 0.15) is 12.4 Å². The van der Waals surface area contributed by atoms with Crippen LogP contribution in [-0.2, 0) is 46.4 Å². The number of carbonyl (C=O) groups is 1. The van der Waals surface area contributed by atoms with Gasteiger partial charge in [0.25, 0.3) is 10.1 Å². The van der Waals surface area contributed by atoms with Crippen LogP contribution in [0.3, 0.4) is 0 Å². The molecule has 0 aliphatic heterocycles. The van der Waals surface area contributed by atoms with Gasteiger partial charge >= 0.3 is 5.97 Å². The Morgan fingerprint density at radius 1 is 1.05 bits per heavy atom. The molecule has 0 saturated heterocycles. The highest BCUT2D eigenvalue weighted by Crippen LogP contribution is 2.26. The Hall–Kier alpha value is -4.29. The molecule has 0 amide bonds. The van der Waals surface area contributed by atoms with Gasteiger partial charge < -0.3 is 15.2 Å². The molecule has 0 bridgehead atoms. The fraction of sp³-hybridized carbons (Fsp3) is 0.344. The number of benzene rings is 2. The molecule has 236 valence electrons. The molecule has 4 rings (SSSR count). The van der Waals surface area contributed by atoms with Crippen molar-refractivity contribution in [2.75, 3.05) is 11.6 Å². The van der Waals surface area contributed by atoms with Crippen molar-refractivity contribution in [3.8, 4) is 5.88 Å². The fourth-order valence-corrected chi connectivity index (χ4v) is 4.06. The number of aromatic nitrogens is 3. The molecule has 0 aliphatic rings. The Balaban J connectivity index is 0.000000978. The monoisotopic (exact) mass is 626 g/mol. The van der Waals surface area contributed by atoms with E-state index in [0.717, 1.165) is 28.2 Å². The summed E-state index contributed by atoms with van der Waals surface area (Å²) in [6, 6.07) is 20.9. The molecule has 0 saturated carbocycles. The standard InChI is InChI=1S/C31H35FN4O3.CH4O3S/c1-21-6-5-7-26(34-21)20-39-29-17-28(31(2,3)4)35-36(29)19-23-10-8-22(9-11-23)18-33-25-14-12-24(27(32)16-25)13-15-30(37)38;1-5(2,3)4/h5-12,14,16-17,33H,13,15,18-20H2,1-4H3,(H,37,38);1H3,(H,2,3,4). The Bertz CT molecular complexity index is 1660. The molecule has 10 nitrogen and oxygen atoms in total. The molecule has 0 unspecified atom stereocenters. The Kier molecular flexibility index (Phi) is 11.6. The van der Waals surface area contributed by atoms with Crippen molar-refractivity contribution in [1.82, 2.24) is 14.8 Å². The van der Waals surface area contributed by atoms with Crippen LogP contribution in [0.5, 0.6) is 5.88 Å². The molecule has 0 spiro atoms. The lowest BCUT2D eigenvalue weighted by Crippen LogP contribution is -2.13. The van der Waals surface area contributed by atoms with Crippen LogP contribution >= 0.6 is 0 Å². The van der Waals surface area contributed by atoms with Gasteiger partial charge in [-0.1, -0.05) is 57.2 Å². The van der Waals surface area contributed by atoms with Gasteiger partial charge in [-0.25, -0.2) is 9.07 Å². The van der Waals surface area contributed by atoms with Crippen LogP contribution in [0.4, 0.5) is 10.1 Å². The number of rotatable bonds is 11. The summed E-state index contributed by atoms with van der Waals surface area (Å²) < 4.78 is 48.2. The number of carboxylic acids is 1. The van der Waals surface area contributed by atoms with Crippen LogP contribution in [0.15, 0.2) is 66.7 Å². The van der Waals surface area contributed by atoms with Crippen LogP contribution in [0.25, 0.3) is 0 Å².